The van der Waals surface area contributed by atoms with Gasteiger partial charge in [-0.25, -0.2) is 4.68 Å². The van der Waals surface area contributed by atoms with Crippen LogP contribution >= 0.6 is 22.6 Å². The Morgan fingerprint density at radius 1 is 1.54 bits per heavy atom. The zero-order chi connectivity index (χ0) is 10.0. The van der Waals surface area contributed by atoms with Gasteiger partial charge in [0.15, 0.2) is 0 Å². The predicted octanol–water partition coefficient (Wildman–Crippen LogP) is 2.32. The Labute approximate surface area is 91.0 Å². The van der Waals surface area contributed by atoms with Crippen LogP contribution in [0.25, 0.3) is 0 Å². The molecule has 3 nitrogen and oxygen atoms in total. The smallest absolute Gasteiger partial charge is 0.267 e. The average Bonchev–Trinajstić information content (AvgIpc) is 2.33. The Balaban J connectivity index is 3.16. The highest BCUT2D eigenvalue weighted by atomic mass is 127. The molecule has 0 spiro atoms. The quantitative estimate of drug-likeness (QED) is 0.587. The van der Waals surface area contributed by atoms with Crippen LogP contribution in [0.4, 0.5) is 0 Å². The third kappa shape index (κ3) is 1.99. The molecule has 1 aromatic rings. The highest BCUT2D eigenvalue weighted by Gasteiger charge is 2.11. The van der Waals surface area contributed by atoms with Crippen LogP contribution in [0.1, 0.15) is 23.1 Å². The molecule has 0 amide bonds. The van der Waals surface area contributed by atoms with Crippen molar-refractivity contribution in [3.63, 3.8) is 0 Å². The fraction of sp³-hybridized carbons (Fsp3) is 0.333. The van der Waals surface area contributed by atoms with Gasteiger partial charge in [0.1, 0.15) is 0 Å². The number of carbonyl (C=O) groups excluding carboxylic acids is 1. The fourth-order valence-electron chi connectivity index (χ4n) is 1.05. The van der Waals surface area contributed by atoms with Gasteiger partial charge in [-0.2, -0.15) is 5.10 Å². The van der Waals surface area contributed by atoms with E-state index in [4.69, 9.17) is 0 Å². The molecule has 0 unspecified atom stereocenters. The summed E-state index contributed by atoms with van der Waals surface area (Å²) in [6, 6.07) is 0. The number of allylic oxidation sites excluding steroid dienone is 2. The van der Waals surface area contributed by atoms with Gasteiger partial charge in [0.05, 0.1) is 15.0 Å². The Hall–Kier alpha value is -0.650. The largest absolute Gasteiger partial charge is 0.270 e. The van der Waals surface area contributed by atoms with E-state index >= 15 is 0 Å². The molecule has 1 rings (SSSR count). The lowest BCUT2D eigenvalue weighted by molar-refractivity contribution is 0.0951. The van der Waals surface area contributed by atoms with Gasteiger partial charge in [-0.1, -0.05) is 6.08 Å². The summed E-state index contributed by atoms with van der Waals surface area (Å²) in [4.78, 5) is 11.4. The molecule has 0 radical (unpaired) electrons. The second-order valence-electron chi connectivity index (χ2n) is 2.73. The SMILES string of the molecule is C/C=C/C(=O)n1nc(C)c(I)c1C. The van der Waals surface area contributed by atoms with Crippen molar-refractivity contribution in [1.82, 2.24) is 9.78 Å². The van der Waals surface area contributed by atoms with Gasteiger partial charge in [0.2, 0.25) is 0 Å². The summed E-state index contributed by atoms with van der Waals surface area (Å²) >= 11 is 2.19. The van der Waals surface area contributed by atoms with Crippen LogP contribution in [0.5, 0.6) is 0 Å². The molecule has 0 N–H and O–H groups in total. The maximum Gasteiger partial charge on any atom is 0.270 e. The molecule has 0 aromatic carbocycles. The third-order valence-corrected chi connectivity index (χ3v) is 3.28. The van der Waals surface area contributed by atoms with Crippen LogP contribution in [0, 0.1) is 17.4 Å². The Morgan fingerprint density at radius 3 is 2.54 bits per heavy atom. The van der Waals surface area contributed by atoms with E-state index in [-0.39, 0.29) is 5.91 Å². The van der Waals surface area contributed by atoms with Gasteiger partial charge in [0.25, 0.3) is 5.91 Å². The summed E-state index contributed by atoms with van der Waals surface area (Å²) in [5, 5.41) is 4.14. The summed E-state index contributed by atoms with van der Waals surface area (Å²) in [7, 11) is 0. The number of aromatic nitrogens is 2. The summed E-state index contributed by atoms with van der Waals surface area (Å²) in [6.45, 7) is 5.60. The number of nitrogens with zero attached hydrogens (tertiary/aromatic N) is 2. The van der Waals surface area contributed by atoms with Crippen LogP contribution in [0.3, 0.4) is 0 Å². The molecular formula is C9H11IN2O. The van der Waals surface area contributed by atoms with Gasteiger partial charge >= 0.3 is 0 Å². The molecule has 1 heterocycles. The van der Waals surface area contributed by atoms with E-state index in [1.165, 1.54) is 10.8 Å². The first-order valence-corrected chi connectivity index (χ1v) is 5.04. The lowest BCUT2D eigenvalue weighted by Gasteiger charge is -1.96. The summed E-state index contributed by atoms with van der Waals surface area (Å²) in [5.74, 6) is -0.0917. The molecule has 0 aliphatic heterocycles. The van der Waals surface area contributed by atoms with E-state index in [1.807, 2.05) is 20.8 Å². The Morgan fingerprint density at radius 2 is 2.15 bits per heavy atom. The van der Waals surface area contributed by atoms with Crippen molar-refractivity contribution in [2.24, 2.45) is 0 Å². The maximum atomic E-state index is 11.4. The van der Waals surface area contributed by atoms with Crippen molar-refractivity contribution in [2.75, 3.05) is 0 Å². The van der Waals surface area contributed by atoms with E-state index in [2.05, 4.69) is 27.7 Å². The van der Waals surface area contributed by atoms with E-state index in [0.717, 1.165) is 15.0 Å². The second kappa shape index (κ2) is 4.04. The molecule has 0 aliphatic carbocycles. The number of rotatable bonds is 1. The predicted molar refractivity (Wildman–Crippen MR) is 59.9 cm³/mol. The molecule has 13 heavy (non-hydrogen) atoms. The van der Waals surface area contributed by atoms with Crippen LogP contribution in [-0.2, 0) is 0 Å². The Bertz CT molecular complexity index is 366. The summed E-state index contributed by atoms with van der Waals surface area (Å²) < 4.78 is 2.48. The van der Waals surface area contributed by atoms with E-state index in [1.54, 1.807) is 6.08 Å². The number of hydrogen-bond donors (Lipinski definition) is 0. The first kappa shape index (κ1) is 10.4. The lowest BCUT2D eigenvalue weighted by atomic mass is 10.4. The molecular weight excluding hydrogens is 279 g/mol. The van der Waals surface area contributed by atoms with Crippen molar-refractivity contribution in [3.05, 3.63) is 27.1 Å². The molecule has 0 fully saturated rings. The minimum Gasteiger partial charge on any atom is -0.267 e. The van der Waals surface area contributed by atoms with Crippen molar-refractivity contribution in [2.45, 2.75) is 20.8 Å². The molecule has 0 saturated carbocycles. The number of hydrogen-bond acceptors (Lipinski definition) is 2. The first-order valence-electron chi connectivity index (χ1n) is 3.96. The zero-order valence-corrected chi connectivity index (χ0v) is 9.99. The second-order valence-corrected chi connectivity index (χ2v) is 3.81. The van der Waals surface area contributed by atoms with Gasteiger partial charge in [-0.05, 0) is 43.4 Å². The maximum absolute atomic E-state index is 11.4. The van der Waals surface area contributed by atoms with Crippen molar-refractivity contribution in [1.29, 1.82) is 0 Å². The molecule has 0 bridgehead atoms. The minimum absolute atomic E-state index is 0.0917. The molecule has 0 aliphatic rings. The molecule has 0 atom stereocenters. The van der Waals surface area contributed by atoms with Crippen molar-refractivity contribution < 1.29 is 4.79 Å². The summed E-state index contributed by atoms with van der Waals surface area (Å²) in [5.41, 5.74) is 1.80. The molecule has 4 heteroatoms. The highest BCUT2D eigenvalue weighted by molar-refractivity contribution is 14.1. The number of carbonyl (C=O) groups is 1. The molecule has 0 saturated heterocycles. The minimum atomic E-state index is -0.0917. The number of aryl methyl sites for hydroxylation is 1. The van der Waals surface area contributed by atoms with Crippen LogP contribution < -0.4 is 0 Å². The van der Waals surface area contributed by atoms with Gasteiger partial charge in [-0.15, -0.1) is 0 Å². The van der Waals surface area contributed by atoms with Gasteiger partial charge < -0.3 is 0 Å². The first-order chi connectivity index (χ1) is 6.07. The molecule has 70 valence electrons. The number of halogens is 1. The van der Waals surface area contributed by atoms with Crippen molar-refractivity contribution >= 4 is 28.5 Å². The highest BCUT2D eigenvalue weighted by Crippen LogP contribution is 2.14. The van der Waals surface area contributed by atoms with Crippen molar-refractivity contribution in [3.8, 4) is 0 Å². The van der Waals surface area contributed by atoms with Crippen LogP contribution in [0.2, 0.25) is 0 Å². The van der Waals surface area contributed by atoms with E-state index in [9.17, 15) is 4.79 Å². The van der Waals surface area contributed by atoms with E-state index < -0.39 is 0 Å². The molecule has 1 aromatic heterocycles. The van der Waals surface area contributed by atoms with Gasteiger partial charge in [0, 0.05) is 6.08 Å². The fourth-order valence-corrected chi connectivity index (χ4v) is 1.39. The topological polar surface area (TPSA) is 34.9 Å². The van der Waals surface area contributed by atoms with Crippen LogP contribution in [0.15, 0.2) is 12.2 Å². The normalized spacial score (nSPS) is 11.1. The Kier molecular flexibility index (Phi) is 3.24. The summed E-state index contributed by atoms with van der Waals surface area (Å²) in [6.07, 6.45) is 3.22. The third-order valence-electron chi connectivity index (χ3n) is 1.72. The van der Waals surface area contributed by atoms with Gasteiger partial charge in [-0.3, -0.25) is 4.79 Å². The zero-order valence-electron chi connectivity index (χ0n) is 7.84. The standard InChI is InChI=1S/C9H11IN2O/c1-4-5-8(13)12-7(3)9(10)6(2)11-12/h4-5H,1-3H3/b5-4+. The monoisotopic (exact) mass is 290 g/mol. The van der Waals surface area contributed by atoms with E-state index in [0.29, 0.717) is 0 Å². The van der Waals surface area contributed by atoms with Crippen LogP contribution in [-0.4, -0.2) is 15.7 Å². The lowest BCUT2D eigenvalue weighted by Crippen LogP contribution is -2.11. The average molecular weight is 290 g/mol.